The average Bonchev–Trinajstić information content (AvgIpc) is 2.88. The molecule has 0 aromatic heterocycles. The third-order valence-electron chi connectivity index (χ3n) is 7.52. The van der Waals surface area contributed by atoms with E-state index in [2.05, 4.69) is 137 Å². The Morgan fingerprint density at radius 1 is 0.407 bits per heavy atom. The van der Waals surface area contributed by atoms with E-state index in [0.717, 1.165) is 0 Å². The fraction of sp³-hybridized carbons (Fsp3) is 0.971. The van der Waals surface area contributed by atoms with Crippen molar-refractivity contribution < 1.29 is 54.7 Å². The van der Waals surface area contributed by atoms with Crippen molar-refractivity contribution in [1.29, 1.82) is 0 Å². The van der Waals surface area contributed by atoms with Crippen LogP contribution < -0.4 is 0 Å². The highest BCUT2D eigenvalue weighted by molar-refractivity contribution is 6.72. The lowest BCUT2D eigenvalue weighted by Crippen LogP contribution is -2.69. The van der Waals surface area contributed by atoms with Crippen LogP contribution in [-0.2, 0) is 54.7 Å². The highest BCUT2D eigenvalue weighted by Gasteiger charge is 2.57. The fourth-order valence-electron chi connectivity index (χ4n) is 6.16. The van der Waals surface area contributed by atoms with Crippen LogP contribution in [0.4, 0.5) is 0 Å². The van der Waals surface area contributed by atoms with Crippen molar-refractivity contribution in [2.45, 2.75) is 206 Å². The van der Waals surface area contributed by atoms with Gasteiger partial charge in [-0.3, -0.25) is 4.79 Å². The van der Waals surface area contributed by atoms with Gasteiger partial charge >= 0.3 is 5.97 Å². The Kier molecular flexibility index (Phi) is 17.7. The molecule has 0 bridgehead atoms. The number of hydrogen-bond donors (Lipinski definition) is 0. The van der Waals surface area contributed by atoms with Gasteiger partial charge in [0, 0.05) is 6.92 Å². The van der Waals surface area contributed by atoms with Gasteiger partial charge in [0.05, 0.1) is 6.61 Å². The molecule has 10 atom stereocenters. The highest BCUT2D eigenvalue weighted by atomic mass is 28.4. The number of carbonyl (C=O) groups is 1. The van der Waals surface area contributed by atoms with Gasteiger partial charge in [-0.05, 0) is 137 Å². The number of hydrogen-bond acceptors (Lipinski definition) is 12. The van der Waals surface area contributed by atoms with Crippen molar-refractivity contribution in [2.24, 2.45) is 0 Å². The summed E-state index contributed by atoms with van der Waals surface area (Å²) in [7, 11) is -15.2. The average molecular weight is 890 g/mol. The minimum Gasteiger partial charge on any atom is -0.463 e. The minimum atomic E-state index is -2.27. The smallest absolute Gasteiger partial charge is 0.302 e. The summed E-state index contributed by atoms with van der Waals surface area (Å²) in [5.41, 5.74) is 0. The zero-order valence-electron chi connectivity index (χ0n) is 38.1. The Morgan fingerprint density at radius 3 is 0.963 bits per heavy atom. The monoisotopic (exact) mass is 888 g/mol. The topological polar surface area (TPSA) is 119 Å². The molecule has 0 aromatic carbocycles. The summed E-state index contributed by atoms with van der Waals surface area (Å²) in [5.74, 6) is -0.407. The van der Waals surface area contributed by atoms with Crippen LogP contribution >= 0.6 is 0 Å². The Morgan fingerprint density at radius 2 is 0.685 bits per heavy atom. The maximum Gasteiger partial charge on any atom is 0.302 e. The molecule has 54 heavy (non-hydrogen) atoms. The fourth-order valence-corrected chi connectivity index (χ4v) is 13.3. The van der Waals surface area contributed by atoms with Crippen molar-refractivity contribution >= 4 is 64.2 Å². The Bertz CT molecular complexity index is 1180. The van der Waals surface area contributed by atoms with E-state index in [0.29, 0.717) is 6.61 Å². The normalized spacial score (nSPS) is 31.1. The first kappa shape index (κ1) is 50.7. The summed E-state index contributed by atoms with van der Waals surface area (Å²) >= 11 is 0. The van der Waals surface area contributed by atoms with Gasteiger partial charge in [0.15, 0.2) is 70.8 Å². The number of rotatable bonds is 19. The lowest BCUT2D eigenvalue weighted by Gasteiger charge is -2.53. The van der Waals surface area contributed by atoms with Crippen molar-refractivity contribution in [3.05, 3.63) is 0 Å². The molecule has 320 valence electrons. The standard InChI is InChI=1S/C35H80O12Si7/c1-25(36)37-23-26-28(42-49(5,6)7)30(44-51(11,12)13)32(46-53(17,18)19)34(39-26)41-35-33(47-54(20,21)22)31(45-52(14,15)16)29(43-50(8,9)10)27(40-35)24-38-48(2,3)4/h26-35H,23-24H2,1-22H3/t26-,27-,28-,29-,30+,31+,32-,33-,34-,35-/m1/s1. The second-order valence-electron chi connectivity index (χ2n) is 21.6. The summed E-state index contributed by atoms with van der Waals surface area (Å²) in [6.07, 6.45) is -6.56. The number of esters is 1. The van der Waals surface area contributed by atoms with E-state index in [4.69, 9.17) is 49.9 Å². The first-order chi connectivity index (χ1) is 23.9. The third kappa shape index (κ3) is 19.1. The molecular weight excluding hydrogens is 809 g/mol. The van der Waals surface area contributed by atoms with Crippen molar-refractivity contribution in [3.8, 4) is 0 Å². The summed E-state index contributed by atoms with van der Waals surface area (Å²) in [5, 5.41) is 0. The van der Waals surface area contributed by atoms with Gasteiger partial charge in [-0.1, -0.05) is 0 Å². The molecule has 2 heterocycles. The molecular formula is C35H80O12Si7. The lowest BCUT2D eigenvalue weighted by atomic mass is 9.98. The van der Waals surface area contributed by atoms with E-state index in [1.54, 1.807) is 0 Å². The lowest BCUT2D eigenvalue weighted by molar-refractivity contribution is -0.368. The van der Waals surface area contributed by atoms with Crippen LogP contribution in [0.2, 0.25) is 137 Å². The van der Waals surface area contributed by atoms with Crippen LogP contribution in [-0.4, -0.2) is 139 Å². The molecule has 2 rings (SSSR count). The van der Waals surface area contributed by atoms with Gasteiger partial charge in [-0.2, -0.15) is 0 Å². The summed E-state index contributed by atoms with van der Waals surface area (Å²) in [6.45, 7) is 47.0. The molecule has 12 nitrogen and oxygen atoms in total. The molecule has 0 unspecified atom stereocenters. The van der Waals surface area contributed by atoms with Gasteiger partial charge in [-0.25, -0.2) is 0 Å². The predicted molar refractivity (Wildman–Crippen MR) is 234 cm³/mol. The summed E-state index contributed by atoms with van der Waals surface area (Å²) in [4.78, 5) is 12.2. The number of carbonyl (C=O) groups excluding carboxylic acids is 1. The van der Waals surface area contributed by atoms with E-state index in [9.17, 15) is 4.79 Å². The quantitative estimate of drug-likeness (QED) is 0.0920. The van der Waals surface area contributed by atoms with Crippen LogP contribution in [0.5, 0.6) is 0 Å². The Labute approximate surface area is 336 Å². The molecule has 0 amide bonds. The van der Waals surface area contributed by atoms with Crippen molar-refractivity contribution in [2.75, 3.05) is 13.2 Å². The minimum absolute atomic E-state index is 0.0317. The largest absolute Gasteiger partial charge is 0.463 e. The number of ether oxygens (including phenoxy) is 4. The molecule has 19 heteroatoms. The molecule has 2 aliphatic rings. The van der Waals surface area contributed by atoms with Crippen LogP contribution in [0.3, 0.4) is 0 Å². The van der Waals surface area contributed by atoms with Crippen LogP contribution in [0.15, 0.2) is 0 Å². The second-order valence-corrected chi connectivity index (χ2v) is 52.9. The second kappa shape index (κ2) is 18.9. The summed E-state index contributed by atoms with van der Waals surface area (Å²) < 4.78 is 75.3. The maximum absolute atomic E-state index is 12.2. The van der Waals surface area contributed by atoms with Gasteiger partial charge in [0.2, 0.25) is 0 Å². The molecule has 2 saturated heterocycles. The molecule has 0 N–H and O–H groups in total. The molecule has 0 aliphatic carbocycles. The van der Waals surface area contributed by atoms with Crippen LogP contribution in [0.25, 0.3) is 0 Å². The molecule has 0 spiro atoms. The van der Waals surface area contributed by atoms with Crippen LogP contribution in [0, 0.1) is 0 Å². The van der Waals surface area contributed by atoms with E-state index >= 15 is 0 Å². The first-order valence-corrected chi connectivity index (χ1v) is 43.6. The van der Waals surface area contributed by atoms with Crippen LogP contribution in [0.1, 0.15) is 6.92 Å². The van der Waals surface area contributed by atoms with Crippen molar-refractivity contribution in [1.82, 2.24) is 0 Å². The Balaban J connectivity index is 2.87. The first-order valence-electron chi connectivity index (χ1n) is 19.7. The molecule has 0 saturated carbocycles. The summed E-state index contributed by atoms with van der Waals surface area (Å²) in [6, 6.07) is 0. The maximum atomic E-state index is 12.2. The third-order valence-corrected chi connectivity index (χ3v) is 14.4. The van der Waals surface area contributed by atoms with E-state index in [-0.39, 0.29) is 6.61 Å². The zero-order valence-corrected chi connectivity index (χ0v) is 45.1. The van der Waals surface area contributed by atoms with E-state index < -0.39 is 126 Å². The molecule has 2 fully saturated rings. The Hall–Kier alpha value is 0.588. The van der Waals surface area contributed by atoms with Crippen molar-refractivity contribution in [3.63, 3.8) is 0 Å². The highest BCUT2D eigenvalue weighted by Crippen LogP contribution is 2.39. The van der Waals surface area contributed by atoms with E-state index in [1.807, 2.05) is 0 Å². The van der Waals surface area contributed by atoms with Gasteiger partial charge in [-0.15, -0.1) is 0 Å². The van der Waals surface area contributed by atoms with Gasteiger partial charge < -0.3 is 49.9 Å². The SMILES string of the molecule is CC(=O)OC[C@H]1O[C@H](O[C@H]2O[C@H](CO[Si](C)(C)C)[C@@H](O[Si](C)(C)C)[C@H](O[Si](C)(C)C)[C@H]2O[Si](C)(C)C)[C@H](O[Si](C)(C)C)[C@@H](O[Si](C)(C)C)[C@@H]1O[Si](C)(C)C. The van der Waals surface area contributed by atoms with Gasteiger partial charge in [0.25, 0.3) is 0 Å². The molecule has 2 aliphatic heterocycles. The molecule has 0 aromatic rings. The molecule has 0 radical (unpaired) electrons. The van der Waals surface area contributed by atoms with Gasteiger partial charge in [0.1, 0.15) is 55.4 Å². The zero-order chi connectivity index (χ0) is 42.0. The predicted octanol–water partition coefficient (Wildman–Crippen LogP) is 8.19. The van der Waals surface area contributed by atoms with E-state index in [1.165, 1.54) is 6.92 Å².